The summed E-state index contributed by atoms with van der Waals surface area (Å²) in [6.07, 6.45) is 0. The number of fused-ring (bicyclic) bond motifs is 9. The number of benzene rings is 9. The van der Waals surface area contributed by atoms with Crippen LogP contribution >= 0.6 is 0 Å². The summed E-state index contributed by atoms with van der Waals surface area (Å²) in [5, 5.41) is 12.0. The Morgan fingerprint density at radius 3 is 1.83 bits per heavy atom. The minimum Gasteiger partial charge on any atom is -0.454 e. The third-order valence-corrected chi connectivity index (χ3v) is 9.78. The van der Waals surface area contributed by atoms with Gasteiger partial charge in [-0.1, -0.05) is 146 Å². The van der Waals surface area contributed by atoms with Gasteiger partial charge in [0.15, 0.2) is 5.58 Å². The van der Waals surface area contributed by atoms with Gasteiger partial charge in [0.25, 0.3) is 0 Å². The molecule has 10 rings (SSSR count). The van der Waals surface area contributed by atoms with Crippen LogP contribution in [0, 0.1) is 0 Å². The summed E-state index contributed by atoms with van der Waals surface area (Å²) >= 11 is 0. The van der Waals surface area contributed by atoms with Crippen LogP contribution in [-0.4, -0.2) is 0 Å². The zero-order valence-corrected chi connectivity index (χ0v) is 26.1. The van der Waals surface area contributed by atoms with Crippen molar-refractivity contribution in [1.29, 1.82) is 0 Å². The first-order valence-corrected chi connectivity index (χ1v) is 16.4. The normalized spacial score (nSPS) is 11.8. The van der Waals surface area contributed by atoms with E-state index in [9.17, 15) is 0 Å². The van der Waals surface area contributed by atoms with Crippen molar-refractivity contribution < 1.29 is 4.42 Å². The Balaban J connectivity index is 1.34. The number of anilines is 3. The van der Waals surface area contributed by atoms with Gasteiger partial charge in [-0.15, -0.1) is 0 Å². The number of nitrogens with zero attached hydrogens (tertiary/aromatic N) is 1. The van der Waals surface area contributed by atoms with E-state index in [2.05, 4.69) is 181 Å². The smallest absolute Gasteiger partial charge is 0.159 e. The van der Waals surface area contributed by atoms with E-state index in [1.807, 2.05) is 0 Å². The summed E-state index contributed by atoms with van der Waals surface area (Å²) in [5.74, 6) is 0. The van der Waals surface area contributed by atoms with Gasteiger partial charge >= 0.3 is 0 Å². The van der Waals surface area contributed by atoms with Crippen LogP contribution in [0.4, 0.5) is 17.1 Å². The quantitative estimate of drug-likeness (QED) is 0.184. The van der Waals surface area contributed by atoms with Gasteiger partial charge < -0.3 is 9.32 Å². The summed E-state index contributed by atoms with van der Waals surface area (Å²) in [4.78, 5) is 2.42. The van der Waals surface area contributed by atoms with Gasteiger partial charge in [0.05, 0.1) is 17.1 Å². The second kappa shape index (κ2) is 10.6. The fourth-order valence-corrected chi connectivity index (χ4v) is 7.61. The van der Waals surface area contributed by atoms with Crippen molar-refractivity contribution in [2.24, 2.45) is 0 Å². The lowest BCUT2D eigenvalue weighted by atomic mass is 9.94. The maximum Gasteiger partial charge on any atom is 0.159 e. The molecule has 2 nitrogen and oxygen atoms in total. The Kier molecular flexibility index (Phi) is 5.91. The van der Waals surface area contributed by atoms with Gasteiger partial charge in [-0.3, -0.25) is 0 Å². The second-order valence-electron chi connectivity index (χ2n) is 12.5. The Hall–Kier alpha value is -6.38. The molecule has 0 saturated carbocycles. The predicted octanol–water partition coefficient (Wildman–Crippen LogP) is 13.3. The SMILES string of the molecule is c1ccc(-c2ccccc2N(c2cc3ccc4ccccc4c3c3ccccc23)c2cccc3c2oc2cc4ccccc4cc23)cc1. The highest BCUT2D eigenvalue weighted by Crippen LogP contribution is 2.49. The van der Waals surface area contributed by atoms with Gasteiger partial charge in [-0.2, -0.15) is 0 Å². The largest absolute Gasteiger partial charge is 0.454 e. The molecule has 0 fully saturated rings. The average Bonchev–Trinajstić information content (AvgIpc) is 3.52. The Bertz CT molecular complexity index is 2850. The molecular formula is C46H29NO. The molecule has 0 N–H and O–H groups in total. The molecule has 0 unspecified atom stereocenters. The molecule has 0 radical (unpaired) electrons. The maximum atomic E-state index is 6.88. The van der Waals surface area contributed by atoms with Gasteiger partial charge in [-0.05, 0) is 73.6 Å². The minimum absolute atomic E-state index is 0.869. The molecule has 1 aromatic heterocycles. The molecule has 2 heteroatoms. The van der Waals surface area contributed by atoms with E-state index < -0.39 is 0 Å². The minimum atomic E-state index is 0.869. The van der Waals surface area contributed by atoms with Crippen molar-refractivity contribution in [2.45, 2.75) is 0 Å². The molecule has 0 aliphatic rings. The fraction of sp³-hybridized carbons (Fsp3) is 0. The number of hydrogen-bond acceptors (Lipinski definition) is 2. The van der Waals surface area contributed by atoms with Crippen LogP contribution in [-0.2, 0) is 0 Å². The molecule has 0 saturated heterocycles. The monoisotopic (exact) mass is 611 g/mol. The highest BCUT2D eigenvalue weighted by molar-refractivity contribution is 6.24. The Morgan fingerprint density at radius 1 is 0.354 bits per heavy atom. The third kappa shape index (κ3) is 4.06. The van der Waals surface area contributed by atoms with Crippen LogP contribution in [0.2, 0.25) is 0 Å². The molecule has 10 aromatic rings. The zero-order chi connectivity index (χ0) is 31.6. The Labute approximate surface area is 277 Å². The number of furan rings is 1. The van der Waals surface area contributed by atoms with E-state index in [0.29, 0.717) is 0 Å². The molecule has 0 aliphatic heterocycles. The van der Waals surface area contributed by atoms with E-state index in [1.54, 1.807) is 0 Å². The van der Waals surface area contributed by atoms with E-state index >= 15 is 0 Å². The molecule has 224 valence electrons. The van der Waals surface area contributed by atoms with Crippen molar-refractivity contribution in [3.05, 3.63) is 176 Å². The first-order chi connectivity index (χ1) is 23.8. The molecule has 0 bridgehead atoms. The molecule has 48 heavy (non-hydrogen) atoms. The van der Waals surface area contributed by atoms with Crippen LogP contribution < -0.4 is 4.90 Å². The summed E-state index contributed by atoms with van der Waals surface area (Å²) in [6, 6.07) is 63.3. The van der Waals surface area contributed by atoms with Crippen molar-refractivity contribution in [3.63, 3.8) is 0 Å². The van der Waals surface area contributed by atoms with Crippen LogP contribution in [0.3, 0.4) is 0 Å². The van der Waals surface area contributed by atoms with Crippen molar-refractivity contribution in [3.8, 4) is 11.1 Å². The number of hydrogen-bond donors (Lipinski definition) is 0. The molecule has 0 atom stereocenters. The van der Waals surface area contributed by atoms with E-state index in [4.69, 9.17) is 4.42 Å². The number of rotatable bonds is 4. The van der Waals surface area contributed by atoms with Crippen LogP contribution in [0.25, 0.3) is 76.2 Å². The molecule has 9 aromatic carbocycles. The highest BCUT2D eigenvalue weighted by Gasteiger charge is 2.24. The molecule has 0 spiro atoms. The molecular weight excluding hydrogens is 583 g/mol. The van der Waals surface area contributed by atoms with Crippen LogP contribution in [0.5, 0.6) is 0 Å². The standard InChI is InChI=1S/C46H29NO/c1-2-13-30(14-3-1)35-18-10-11-23-41(35)47(42-24-12-22-39-40-27-32-16-4-5-17-33(32)29-44(40)48-46(39)42)43-28-34-26-25-31-15-6-7-19-36(31)45(34)38-21-9-8-20-37(38)43/h1-29H. The molecule has 0 amide bonds. The first kappa shape index (κ1) is 26.8. The van der Waals surface area contributed by atoms with Gasteiger partial charge in [0.1, 0.15) is 5.58 Å². The van der Waals surface area contributed by atoms with Crippen LogP contribution in [0.1, 0.15) is 0 Å². The Morgan fingerprint density at radius 2 is 0.979 bits per heavy atom. The highest BCUT2D eigenvalue weighted by atomic mass is 16.3. The topological polar surface area (TPSA) is 16.4 Å². The first-order valence-electron chi connectivity index (χ1n) is 16.4. The maximum absolute atomic E-state index is 6.88. The lowest BCUT2D eigenvalue weighted by molar-refractivity contribution is 0.669. The molecule has 0 aliphatic carbocycles. The van der Waals surface area contributed by atoms with Crippen molar-refractivity contribution in [2.75, 3.05) is 4.90 Å². The predicted molar refractivity (Wildman–Crippen MR) is 204 cm³/mol. The van der Waals surface area contributed by atoms with E-state index in [1.165, 1.54) is 43.1 Å². The zero-order valence-electron chi connectivity index (χ0n) is 26.1. The lowest BCUT2D eigenvalue weighted by Gasteiger charge is -2.29. The van der Waals surface area contributed by atoms with Gasteiger partial charge in [0.2, 0.25) is 0 Å². The van der Waals surface area contributed by atoms with Crippen molar-refractivity contribution in [1.82, 2.24) is 0 Å². The summed E-state index contributed by atoms with van der Waals surface area (Å²) in [5.41, 5.74) is 7.27. The average molecular weight is 612 g/mol. The third-order valence-electron chi connectivity index (χ3n) is 9.78. The van der Waals surface area contributed by atoms with Crippen LogP contribution in [0.15, 0.2) is 180 Å². The van der Waals surface area contributed by atoms with Crippen molar-refractivity contribution >= 4 is 82.1 Å². The summed E-state index contributed by atoms with van der Waals surface area (Å²) in [7, 11) is 0. The lowest BCUT2D eigenvalue weighted by Crippen LogP contribution is -2.12. The van der Waals surface area contributed by atoms with Gasteiger partial charge in [-0.25, -0.2) is 0 Å². The second-order valence-corrected chi connectivity index (χ2v) is 12.5. The van der Waals surface area contributed by atoms with E-state index in [0.717, 1.165) is 50.1 Å². The summed E-state index contributed by atoms with van der Waals surface area (Å²) in [6.45, 7) is 0. The van der Waals surface area contributed by atoms with E-state index in [-0.39, 0.29) is 0 Å². The molecule has 1 heterocycles. The fourth-order valence-electron chi connectivity index (χ4n) is 7.61. The number of para-hydroxylation sites is 2. The summed E-state index contributed by atoms with van der Waals surface area (Å²) < 4.78 is 6.88. The van der Waals surface area contributed by atoms with Gasteiger partial charge in [0, 0.05) is 21.7 Å².